The van der Waals surface area contributed by atoms with Gasteiger partial charge in [0.15, 0.2) is 4.88 Å². The van der Waals surface area contributed by atoms with Crippen molar-refractivity contribution in [3.05, 3.63) is 57.2 Å². The molecule has 0 fully saturated rings. The van der Waals surface area contributed by atoms with Crippen molar-refractivity contribution in [1.82, 2.24) is 9.59 Å². The number of aromatic nitrogens is 2. The van der Waals surface area contributed by atoms with E-state index in [1.54, 1.807) is 12.1 Å². The Bertz CT molecular complexity index is 756. The minimum Gasteiger partial charge on any atom is -0.457 e. The Morgan fingerprint density at radius 2 is 2.19 bits per heavy atom. The fourth-order valence-electron chi connectivity index (χ4n) is 1.74. The van der Waals surface area contributed by atoms with Gasteiger partial charge in [0, 0.05) is 5.02 Å². The summed E-state index contributed by atoms with van der Waals surface area (Å²) in [7, 11) is 0. The Kier molecular flexibility index (Phi) is 4.28. The SMILES string of the molecule is O=C(OCc1cccc(Cl)c1)c1snnc1-c1cccs1. The van der Waals surface area contributed by atoms with Crippen molar-refractivity contribution in [2.75, 3.05) is 0 Å². The van der Waals surface area contributed by atoms with Crippen LogP contribution in [0.25, 0.3) is 10.6 Å². The van der Waals surface area contributed by atoms with Crippen molar-refractivity contribution in [3.8, 4) is 10.6 Å². The fourth-order valence-corrected chi connectivity index (χ4v) is 3.31. The molecule has 106 valence electrons. The number of rotatable bonds is 4. The Morgan fingerprint density at radius 1 is 1.29 bits per heavy atom. The van der Waals surface area contributed by atoms with E-state index in [0.717, 1.165) is 22.0 Å². The number of benzene rings is 1. The van der Waals surface area contributed by atoms with E-state index in [2.05, 4.69) is 9.59 Å². The van der Waals surface area contributed by atoms with Gasteiger partial charge in [-0.3, -0.25) is 0 Å². The zero-order chi connectivity index (χ0) is 14.7. The van der Waals surface area contributed by atoms with Crippen LogP contribution in [0, 0.1) is 0 Å². The van der Waals surface area contributed by atoms with Gasteiger partial charge >= 0.3 is 5.97 Å². The normalized spacial score (nSPS) is 10.5. The number of hydrogen-bond donors (Lipinski definition) is 0. The van der Waals surface area contributed by atoms with Gasteiger partial charge in [-0.25, -0.2) is 4.79 Å². The summed E-state index contributed by atoms with van der Waals surface area (Å²) in [5.41, 5.74) is 1.41. The molecule has 0 aliphatic heterocycles. The van der Waals surface area contributed by atoms with Crippen LogP contribution in [0.1, 0.15) is 15.2 Å². The topological polar surface area (TPSA) is 52.1 Å². The molecule has 7 heteroatoms. The first-order valence-corrected chi connectivity index (χ1v) is 8.05. The number of esters is 1. The van der Waals surface area contributed by atoms with Gasteiger partial charge in [-0.15, -0.1) is 16.4 Å². The zero-order valence-corrected chi connectivity index (χ0v) is 13.0. The molecule has 2 aromatic heterocycles. The van der Waals surface area contributed by atoms with E-state index in [4.69, 9.17) is 16.3 Å². The third-order valence-corrected chi connectivity index (χ3v) is 4.50. The van der Waals surface area contributed by atoms with Crippen LogP contribution >= 0.6 is 34.5 Å². The molecule has 0 radical (unpaired) electrons. The third-order valence-electron chi connectivity index (χ3n) is 2.69. The van der Waals surface area contributed by atoms with Crippen LogP contribution in [0.4, 0.5) is 0 Å². The van der Waals surface area contributed by atoms with E-state index in [1.807, 2.05) is 29.6 Å². The maximum atomic E-state index is 12.2. The van der Waals surface area contributed by atoms with Gasteiger partial charge in [-0.1, -0.05) is 34.3 Å². The van der Waals surface area contributed by atoms with E-state index in [-0.39, 0.29) is 6.61 Å². The molecule has 4 nitrogen and oxygen atoms in total. The lowest BCUT2D eigenvalue weighted by Crippen LogP contribution is -2.04. The van der Waals surface area contributed by atoms with Crippen LogP contribution in [0.5, 0.6) is 0 Å². The van der Waals surface area contributed by atoms with E-state index in [1.165, 1.54) is 11.3 Å². The van der Waals surface area contributed by atoms with Gasteiger partial charge in [-0.05, 0) is 40.7 Å². The molecule has 3 aromatic rings. The van der Waals surface area contributed by atoms with Gasteiger partial charge in [-0.2, -0.15) is 0 Å². The molecule has 0 spiro atoms. The minimum absolute atomic E-state index is 0.168. The largest absolute Gasteiger partial charge is 0.457 e. The monoisotopic (exact) mass is 336 g/mol. The number of halogens is 1. The Morgan fingerprint density at radius 3 is 2.95 bits per heavy atom. The van der Waals surface area contributed by atoms with Gasteiger partial charge in [0.25, 0.3) is 0 Å². The maximum Gasteiger partial charge on any atom is 0.352 e. The Balaban J connectivity index is 1.73. The molecule has 0 saturated carbocycles. The Labute approximate surface area is 134 Å². The molecule has 0 bridgehead atoms. The molecule has 0 amide bonds. The lowest BCUT2D eigenvalue weighted by Gasteiger charge is -2.04. The second-order valence-corrected chi connectivity index (χ2v) is 6.27. The Hall–Kier alpha value is -1.76. The first-order valence-electron chi connectivity index (χ1n) is 6.02. The first-order chi connectivity index (χ1) is 10.2. The summed E-state index contributed by atoms with van der Waals surface area (Å²) in [5, 5.41) is 6.55. The summed E-state index contributed by atoms with van der Waals surface area (Å²) >= 11 is 8.44. The second kappa shape index (κ2) is 6.34. The highest BCUT2D eigenvalue weighted by Gasteiger charge is 2.19. The molecule has 1 aromatic carbocycles. The molecular weight excluding hydrogens is 328 g/mol. The van der Waals surface area contributed by atoms with Crippen LogP contribution in [-0.2, 0) is 11.3 Å². The molecule has 0 aliphatic carbocycles. The second-order valence-electron chi connectivity index (χ2n) is 4.13. The van der Waals surface area contributed by atoms with Gasteiger partial charge in [0.2, 0.25) is 0 Å². The van der Waals surface area contributed by atoms with Crippen LogP contribution in [0.3, 0.4) is 0 Å². The smallest absolute Gasteiger partial charge is 0.352 e. The van der Waals surface area contributed by atoms with Crippen LogP contribution < -0.4 is 0 Å². The van der Waals surface area contributed by atoms with Crippen LogP contribution in [0.2, 0.25) is 5.02 Å². The molecule has 2 heterocycles. The molecule has 0 N–H and O–H groups in total. The highest BCUT2D eigenvalue weighted by Crippen LogP contribution is 2.28. The maximum absolute atomic E-state index is 12.2. The summed E-state index contributed by atoms with van der Waals surface area (Å²) in [4.78, 5) is 13.5. The van der Waals surface area contributed by atoms with Crippen molar-refractivity contribution < 1.29 is 9.53 Å². The van der Waals surface area contributed by atoms with Crippen LogP contribution in [-0.4, -0.2) is 15.6 Å². The number of hydrogen-bond acceptors (Lipinski definition) is 6. The molecular formula is C14H9ClN2O2S2. The quantitative estimate of drug-likeness (QED) is 0.667. The predicted molar refractivity (Wildman–Crippen MR) is 83.8 cm³/mol. The standard InChI is InChI=1S/C14H9ClN2O2S2/c15-10-4-1-3-9(7-10)8-19-14(18)13-12(16-17-21-13)11-5-2-6-20-11/h1-7H,8H2. The minimum atomic E-state index is -0.423. The van der Waals surface area contributed by atoms with E-state index < -0.39 is 5.97 Å². The van der Waals surface area contributed by atoms with Crippen molar-refractivity contribution in [3.63, 3.8) is 0 Å². The average molecular weight is 337 g/mol. The van der Waals surface area contributed by atoms with E-state index in [9.17, 15) is 4.79 Å². The van der Waals surface area contributed by atoms with E-state index >= 15 is 0 Å². The van der Waals surface area contributed by atoms with Gasteiger partial charge in [0.05, 0.1) is 4.88 Å². The number of ether oxygens (including phenoxy) is 1. The third kappa shape index (κ3) is 3.29. The van der Waals surface area contributed by atoms with Crippen molar-refractivity contribution >= 4 is 40.4 Å². The summed E-state index contributed by atoms with van der Waals surface area (Å²) in [5.74, 6) is -0.423. The number of nitrogens with zero attached hydrogens (tertiary/aromatic N) is 2. The van der Waals surface area contributed by atoms with Gasteiger partial charge in [0.1, 0.15) is 12.3 Å². The van der Waals surface area contributed by atoms with Crippen LogP contribution in [0.15, 0.2) is 41.8 Å². The zero-order valence-electron chi connectivity index (χ0n) is 10.7. The summed E-state index contributed by atoms with van der Waals surface area (Å²) in [6.07, 6.45) is 0. The summed E-state index contributed by atoms with van der Waals surface area (Å²) in [6, 6.07) is 11.0. The van der Waals surface area contributed by atoms with E-state index in [0.29, 0.717) is 15.6 Å². The first kappa shape index (κ1) is 14.2. The van der Waals surface area contributed by atoms with Crippen molar-refractivity contribution in [1.29, 1.82) is 0 Å². The predicted octanol–water partition coefficient (Wildman–Crippen LogP) is 4.28. The van der Waals surface area contributed by atoms with Gasteiger partial charge < -0.3 is 4.74 Å². The summed E-state index contributed by atoms with van der Waals surface area (Å²) in [6.45, 7) is 0.168. The molecule has 21 heavy (non-hydrogen) atoms. The average Bonchev–Trinajstić information content (AvgIpc) is 3.14. The van der Waals surface area contributed by atoms with Crippen molar-refractivity contribution in [2.24, 2.45) is 0 Å². The summed E-state index contributed by atoms with van der Waals surface area (Å²) < 4.78 is 9.15. The fraction of sp³-hybridized carbons (Fsp3) is 0.0714. The molecule has 0 aliphatic rings. The number of carbonyl (C=O) groups excluding carboxylic acids is 1. The molecule has 0 saturated heterocycles. The molecule has 0 atom stereocenters. The highest BCUT2D eigenvalue weighted by atomic mass is 35.5. The number of thiophene rings is 1. The number of carbonyl (C=O) groups is 1. The lowest BCUT2D eigenvalue weighted by atomic mass is 10.2. The highest BCUT2D eigenvalue weighted by molar-refractivity contribution is 7.14. The molecule has 3 rings (SSSR count). The molecule has 0 unspecified atom stereocenters. The lowest BCUT2D eigenvalue weighted by molar-refractivity contribution is 0.0479. The van der Waals surface area contributed by atoms with Crippen molar-refractivity contribution in [2.45, 2.75) is 6.61 Å².